The molecular weight excluding hydrogens is 222 g/mol. The molecule has 16 heavy (non-hydrogen) atoms. The molecule has 0 saturated heterocycles. The number of anilines is 1. The summed E-state index contributed by atoms with van der Waals surface area (Å²) in [5, 5.41) is 3.84. The van der Waals surface area contributed by atoms with Gasteiger partial charge in [0, 0.05) is 12.1 Å². The molecule has 0 fully saturated rings. The first-order valence-corrected chi connectivity index (χ1v) is 6.27. The van der Waals surface area contributed by atoms with Crippen molar-refractivity contribution in [1.82, 2.24) is 9.97 Å². The van der Waals surface area contributed by atoms with Crippen LogP contribution < -0.4 is 5.32 Å². The second-order valence-corrected chi connectivity index (χ2v) is 4.55. The Balaban J connectivity index is 2.45. The molecule has 0 radical (unpaired) electrons. The van der Waals surface area contributed by atoms with Crippen LogP contribution in [0.3, 0.4) is 0 Å². The van der Waals surface area contributed by atoms with Crippen molar-refractivity contribution >= 4 is 17.4 Å². The van der Waals surface area contributed by atoms with Crippen LogP contribution >= 0.6 is 11.6 Å². The Bertz CT molecular complexity index is 308. The molecule has 0 aliphatic carbocycles. The number of aryl methyl sites for hydroxylation is 1. The van der Waals surface area contributed by atoms with Gasteiger partial charge < -0.3 is 5.32 Å². The van der Waals surface area contributed by atoms with Gasteiger partial charge in [0.2, 0.25) is 0 Å². The molecule has 1 N–H and O–H groups in total. The summed E-state index contributed by atoms with van der Waals surface area (Å²) in [6.45, 7) is 6.23. The van der Waals surface area contributed by atoms with Crippen molar-refractivity contribution in [2.75, 3.05) is 5.32 Å². The average Bonchev–Trinajstić information content (AvgIpc) is 2.16. The van der Waals surface area contributed by atoms with Crippen molar-refractivity contribution < 1.29 is 0 Å². The number of nitrogens with one attached hydrogen (secondary N) is 1. The number of hydrogen-bond acceptors (Lipinski definition) is 3. The highest BCUT2D eigenvalue weighted by atomic mass is 35.5. The van der Waals surface area contributed by atoms with Gasteiger partial charge in [0.15, 0.2) is 0 Å². The molecule has 0 saturated carbocycles. The van der Waals surface area contributed by atoms with Crippen molar-refractivity contribution in [3.8, 4) is 0 Å². The fourth-order valence-electron chi connectivity index (χ4n) is 1.63. The van der Waals surface area contributed by atoms with Crippen LogP contribution in [-0.2, 0) is 0 Å². The van der Waals surface area contributed by atoms with Crippen LogP contribution in [0.2, 0.25) is 5.15 Å². The molecule has 4 heteroatoms. The van der Waals surface area contributed by atoms with Crippen LogP contribution in [0.4, 0.5) is 5.82 Å². The van der Waals surface area contributed by atoms with E-state index in [-0.39, 0.29) is 0 Å². The van der Waals surface area contributed by atoms with Gasteiger partial charge in [-0.05, 0) is 20.3 Å². The average molecular weight is 242 g/mol. The van der Waals surface area contributed by atoms with E-state index in [1.807, 2.05) is 6.92 Å². The Labute approximate surface area is 103 Å². The third kappa shape index (κ3) is 4.79. The Kier molecular flexibility index (Phi) is 5.53. The van der Waals surface area contributed by atoms with Crippen molar-refractivity contribution in [2.24, 2.45) is 0 Å². The van der Waals surface area contributed by atoms with E-state index < -0.39 is 0 Å². The number of halogens is 1. The van der Waals surface area contributed by atoms with Crippen LogP contribution in [-0.4, -0.2) is 16.0 Å². The number of rotatable bonds is 6. The molecule has 1 heterocycles. The first kappa shape index (κ1) is 13.2. The predicted molar refractivity (Wildman–Crippen MR) is 69.0 cm³/mol. The number of hydrogen-bond donors (Lipinski definition) is 1. The fourth-order valence-corrected chi connectivity index (χ4v) is 1.86. The fraction of sp³-hybridized carbons (Fsp3) is 0.667. The Hall–Kier alpha value is -0.830. The molecule has 0 aliphatic rings. The van der Waals surface area contributed by atoms with Crippen LogP contribution in [0.25, 0.3) is 0 Å². The minimum absolute atomic E-state index is 0.428. The molecule has 1 unspecified atom stereocenters. The Morgan fingerprint density at radius 3 is 2.75 bits per heavy atom. The van der Waals surface area contributed by atoms with Gasteiger partial charge in [0.25, 0.3) is 0 Å². The summed E-state index contributed by atoms with van der Waals surface area (Å²) >= 11 is 5.87. The lowest BCUT2D eigenvalue weighted by Crippen LogP contribution is -2.16. The third-order valence-corrected chi connectivity index (χ3v) is 2.64. The SMILES string of the molecule is CCCCCC(C)Nc1cc(Cl)nc(C)n1. The highest BCUT2D eigenvalue weighted by molar-refractivity contribution is 6.29. The second-order valence-electron chi connectivity index (χ2n) is 4.16. The van der Waals surface area contributed by atoms with E-state index in [2.05, 4.69) is 29.1 Å². The quantitative estimate of drug-likeness (QED) is 0.608. The van der Waals surface area contributed by atoms with Gasteiger partial charge in [0.1, 0.15) is 16.8 Å². The summed E-state index contributed by atoms with van der Waals surface area (Å²) in [5.74, 6) is 1.53. The molecule has 0 amide bonds. The van der Waals surface area contributed by atoms with Crippen molar-refractivity contribution in [2.45, 2.75) is 52.5 Å². The van der Waals surface area contributed by atoms with Crippen molar-refractivity contribution in [1.29, 1.82) is 0 Å². The van der Waals surface area contributed by atoms with Crippen molar-refractivity contribution in [3.63, 3.8) is 0 Å². The third-order valence-electron chi connectivity index (χ3n) is 2.44. The molecule has 0 aromatic carbocycles. The molecular formula is C12H20ClN3. The summed E-state index contributed by atoms with van der Waals surface area (Å²) in [4.78, 5) is 8.33. The summed E-state index contributed by atoms with van der Waals surface area (Å²) in [6.07, 6.45) is 4.96. The zero-order valence-electron chi connectivity index (χ0n) is 10.3. The van der Waals surface area contributed by atoms with Gasteiger partial charge in [-0.25, -0.2) is 9.97 Å². The lowest BCUT2D eigenvalue weighted by molar-refractivity contribution is 0.613. The smallest absolute Gasteiger partial charge is 0.134 e. The molecule has 0 bridgehead atoms. The van der Waals surface area contributed by atoms with E-state index >= 15 is 0 Å². The first-order valence-electron chi connectivity index (χ1n) is 5.89. The molecule has 1 atom stereocenters. The van der Waals surface area contributed by atoms with E-state index in [0.29, 0.717) is 17.0 Å². The van der Waals surface area contributed by atoms with Gasteiger partial charge in [0.05, 0.1) is 0 Å². The monoisotopic (exact) mass is 241 g/mol. The number of aromatic nitrogens is 2. The van der Waals surface area contributed by atoms with E-state index in [0.717, 1.165) is 12.2 Å². The normalized spacial score (nSPS) is 12.5. The van der Waals surface area contributed by atoms with Gasteiger partial charge in [-0.3, -0.25) is 0 Å². The topological polar surface area (TPSA) is 37.8 Å². The summed E-state index contributed by atoms with van der Waals surface area (Å²) in [7, 11) is 0. The molecule has 1 aromatic heterocycles. The Morgan fingerprint density at radius 2 is 2.12 bits per heavy atom. The van der Waals surface area contributed by atoms with E-state index in [4.69, 9.17) is 11.6 Å². The number of nitrogens with zero attached hydrogens (tertiary/aromatic N) is 2. The maximum atomic E-state index is 5.87. The van der Waals surface area contributed by atoms with Crippen LogP contribution in [0.15, 0.2) is 6.07 Å². The highest BCUT2D eigenvalue weighted by Crippen LogP contribution is 2.14. The van der Waals surface area contributed by atoms with E-state index in [9.17, 15) is 0 Å². The van der Waals surface area contributed by atoms with Gasteiger partial charge in [-0.15, -0.1) is 0 Å². The molecule has 0 spiro atoms. The largest absolute Gasteiger partial charge is 0.367 e. The molecule has 0 aliphatic heterocycles. The standard InChI is InChI=1S/C12H20ClN3/c1-4-5-6-7-9(2)14-12-8-11(13)15-10(3)16-12/h8-9H,4-7H2,1-3H3,(H,14,15,16). The minimum atomic E-state index is 0.428. The van der Waals surface area contributed by atoms with E-state index in [1.165, 1.54) is 19.3 Å². The summed E-state index contributed by atoms with van der Waals surface area (Å²) in [6, 6.07) is 2.20. The Morgan fingerprint density at radius 1 is 1.38 bits per heavy atom. The maximum Gasteiger partial charge on any atom is 0.134 e. The van der Waals surface area contributed by atoms with Gasteiger partial charge in [-0.2, -0.15) is 0 Å². The number of unbranched alkanes of at least 4 members (excludes halogenated alkanes) is 2. The van der Waals surface area contributed by atoms with Crippen LogP contribution in [0.1, 0.15) is 45.4 Å². The maximum absolute atomic E-state index is 5.87. The zero-order chi connectivity index (χ0) is 12.0. The van der Waals surface area contributed by atoms with Crippen molar-refractivity contribution in [3.05, 3.63) is 17.0 Å². The lowest BCUT2D eigenvalue weighted by Gasteiger charge is -2.14. The highest BCUT2D eigenvalue weighted by Gasteiger charge is 2.04. The molecule has 1 aromatic rings. The predicted octanol–water partition coefficient (Wildman–Crippen LogP) is 3.82. The lowest BCUT2D eigenvalue weighted by atomic mass is 10.1. The van der Waals surface area contributed by atoms with Crippen LogP contribution in [0, 0.1) is 6.92 Å². The first-order chi connectivity index (χ1) is 7.61. The van der Waals surface area contributed by atoms with Gasteiger partial charge in [-0.1, -0.05) is 37.8 Å². The summed E-state index contributed by atoms with van der Waals surface area (Å²) in [5.41, 5.74) is 0. The molecule has 1 rings (SSSR count). The zero-order valence-corrected chi connectivity index (χ0v) is 11.0. The second kappa shape index (κ2) is 6.69. The van der Waals surface area contributed by atoms with E-state index in [1.54, 1.807) is 6.07 Å². The molecule has 90 valence electrons. The minimum Gasteiger partial charge on any atom is -0.367 e. The molecule has 3 nitrogen and oxygen atoms in total. The van der Waals surface area contributed by atoms with Gasteiger partial charge >= 0.3 is 0 Å². The summed E-state index contributed by atoms with van der Waals surface area (Å²) < 4.78 is 0. The van der Waals surface area contributed by atoms with Crippen LogP contribution in [0.5, 0.6) is 0 Å².